The molecule has 0 atom stereocenters. The third kappa shape index (κ3) is 8.53. The second-order valence-electron chi connectivity index (χ2n) is 13.2. The number of ether oxygens (including phenoxy) is 1. The van der Waals surface area contributed by atoms with E-state index in [1.807, 2.05) is 48.5 Å². The quantitative estimate of drug-likeness (QED) is 0.135. The van der Waals surface area contributed by atoms with E-state index in [0.717, 1.165) is 24.0 Å². The Hall–Kier alpha value is -4.17. The van der Waals surface area contributed by atoms with Crippen molar-refractivity contribution in [1.82, 2.24) is 4.98 Å². The highest BCUT2D eigenvalue weighted by atomic mass is 35.5. The van der Waals surface area contributed by atoms with E-state index in [2.05, 4.69) is 64.3 Å². The molecule has 5 rings (SSSR count). The van der Waals surface area contributed by atoms with Gasteiger partial charge < -0.3 is 15.4 Å². The molecule has 0 unspecified atom stereocenters. The molecule has 0 spiro atoms. The van der Waals surface area contributed by atoms with E-state index in [4.69, 9.17) is 32.9 Å². The number of halogens is 2. The van der Waals surface area contributed by atoms with Crippen LogP contribution in [0.1, 0.15) is 75.2 Å². The maximum Gasteiger partial charge on any atom is 0.268 e. The number of carbonyl (C=O) groups excluding carboxylic acids is 2. The molecule has 5 aromatic rings. The summed E-state index contributed by atoms with van der Waals surface area (Å²) in [6.45, 7) is 13.1. The Bertz CT molecular complexity index is 1970. The molecule has 6 nitrogen and oxygen atoms in total. The van der Waals surface area contributed by atoms with Gasteiger partial charge in [-0.25, -0.2) is 4.98 Å². The van der Waals surface area contributed by atoms with Crippen LogP contribution in [-0.2, 0) is 15.6 Å². The molecule has 49 heavy (non-hydrogen) atoms. The fraction of sp³-hybridized carbons (Fsp3) is 0.275. The van der Waals surface area contributed by atoms with Crippen LogP contribution in [0.3, 0.4) is 0 Å². The summed E-state index contributed by atoms with van der Waals surface area (Å²) in [6.07, 6.45) is 1.94. The molecule has 0 bridgehead atoms. The van der Waals surface area contributed by atoms with Crippen molar-refractivity contribution in [2.24, 2.45) is 0 Å². The number of thiazole rings is 1. The second-order valence-corrected chi connectivity index (χ2v) is 15.1. The third-order valence-corrected chi connectivity index (χ3v) is 10.7. The lowest BCUT2D eigenvalue weighted by Crippen LogP contribution is -2.24. The van der Waals surface area contributed by atoms with Crippen molar-refractivity contribution in [2.75, 3.05) is 17.2 Å². The normalized spacial score (nSPS) is 11.7. The van der Waals surface area contributed by atoms with Crippen molar-refractivity contribution in [3.63, 3.8) is 0 Å². The monoisotopic (exact) mass is 713 g/mol. The minimum Gasteiger partial charge on any atom is -0.483 e. The standard InChI is InChI=1S/C40H41Cl2N3O3S/c1-7-39(3,4)27-17-20-33(30(22-27)40(5,6)8-2)48-24-34(46)43-29-16-12-15-26(21-29)35-36(49-38(45-35)25-13-10-9-11-14-25)37(47)44-32-23-28(41)18-19-31(32)42/h9-23H,7-8,24H2,1-6H3,(H,43,46)(H,44,47). The first-order valence-electron chi connectivity index (χ1n) is 16.3. The van der Waals surface area contributed by atoms with Gasteiger partial charge in [-0.1, -0.05) is 119 Å². The lowest BCUT2D eigenvalue weighted by Gasteiger charge is -2.30. The van der Waals surface area contributed by atoms with Gasteiger partial charge in [0.05, 0.1) is 16.4 Å². The van der Waals surface area contributed by atoms with E-state index in [0.29, 0.717) is 48.3 Å². The van der Waals surface area contributed by atoms with Crippen LogP contribution in [-0.4, -0.2) is 23.4 Å². The smallest absolute Gasteiger partial charge is 0.268 e. The molecule has 2 amide bonds. The molecule has 254 valence electrons. The van der Waals surface area contributed by atoms with Crippen LogP contribution in [0.4, 0.5) is 11.4 Å². The predicted molar refractivity (Wildman–Crippen MR) is 205 cm³/mol. The van der Waals surface area contributed by atoms with Crippen LogP contribution in [0.25, 0.3) is 21.8 Å². The van der Waals surface area contributed by atoms with Crippen molar-refractivity contribution in [2.45, 2.75) is 65.2 Å². The molecule has 1 heterocycles. The molecule has 0 fully saturated rings. The molecule has 0 aliphatic rings. The summed E-state index contributed by atoms with van der Waals surface area (Å²) in [5.41, 5.74) is 5.22. The molecule has 0 saturated carbocycles. The van der Waals surface area contributed by atoms with E-state index < -0.39 is 0 Å². The van der Waals surface area contributed by atoms with Gasteiger partial charge in [0.1, 0.15) is 15.6 Å². The van der Waals surface area contributed by atoms with E-state index in [1.54, 1.807) is 30.3 Å². The summed E-state index contributed by atoms with van der Waals surface area (Å²) in [5, 5.41) is 7.34. The van der Waals surface area contributed by atoms with E-state index in [-0.39, 0.29) is 29.3 Å². The van der Waals surface area contributed by atoms with Crippen LogP contribution >= 0.6 is 34.5 Å². The maximum absolute atomic E-state index is 13.7. The van der Waals surface area contributed by atoms with Gasteiger partial charge in [-0.15, -0.1) is 11.3 Å². The Morgan fingerprint density at radius 1 is 0.796 bits per heavy atom. The first kappa shape index (κ1) is 36.1. The van der Waals surface area contributed by atoms with Crippen LogP contribution in [0.2, 0.25) is 10.0 Å². The number of amides is 2. The zero-order chi connectivity index (χ0) is 35.3. The number of benzene rings is 4. The van der Waals surface area contributed by atoms with Gasteiger partial charge in [-0.3, -0.25) is 9.59 Å². The molecule has 0 aliphatic heterocycles. The number of hydrogen-bond donors (Lipinski definition) is 2. The summed E-state index contributed by atoms with van der Waals surface area (Å²) >= 11 is 13.8. The number of hydrogen-bond acceptors (Lipinski definition) is 5. The van der Waals surface area contributed by atoms with Gasteiger partial charge in [0.15, 0.2) is 6.61 Å². The number of rotatable bonds is 12. The zero-order valence-electron chi connectivity index (χ0n) is 28.6. The van der Waals surface area contributed by atoms with Gasteiger partial charge in [0.25, 0.3) is 11.8 Å². The fourth-order valence-corrected chi connectivity index (χ4v) is 6.56. The Labute approximate surface area is 302 Å². The van der Waals surface area contributed by atoms with Gasteiger partial charge in [0, 0.05) is 27.4 Å². The Balaban J connectivity index is 1.39. The Morgan fingerprint density at radius 2 is 1.51 bits per heavy atom. The predicted octanol–water partition coefficient (Wildman–Crippen LogP) is 11.4. The van der Waals surface area contributed by atoms with Crippen molar-refractivity contribution in [3.05, 3.63) is 117 Å². The van der Waals surface area contributed by atoms with Gasteiger partial charge in [0.2, 0.25) is 0 Å². The second kappa shape index (κ2) is 15.2. The molecule has 2 N–H and O–H groups in total. The maximum atomic E-state index is 13.7. The minimum atomic E-state index is -0.374. The highest BCUT2D eigenvalue weighted by Gasteiger charge is 2.27. The summed E-state index contributed by atoms with van der Waals surface area (Å²) in [7, 11) is 0. The number of carbonyl (C=O) groups is 2. The van der Waals surface area contributed by atoms with Crippen LogP contribution in [0, 0.1) is 0 Å². The largest absolute Gasteiger partial charge is 0.483 e. The minimum absolute atomic E-state index is 0.0293. The lowest BCUT2D eigenvalue weighted by atomic mass is 9.76. The first-order valence-corrected chi connectivity index (χ1v) is 17.9. The summed E-state index contributed by atoms with van der Waals surface area (Å²) in [6, 6.07) is 28.1. The average Bonchev–Trinajstić information content (AvgIpc) is 3.55. The molecule has 9 heteroatoms. The number of anilines is 2. The van der Waals surface area contributed by atoms with Gasteiger partial charge in [-0.05, 0) is 65.6 Å². The molecule has 1 aromatic heterocycles. The summed E-state index contributed by atoms with van der Waals surface area (Å²) < 4.78 is 6.16. The van der Waals surface area contributed by atoms with Crippen molar-refractivity contribution < 1.29 is 14.3 Å². The molecular weight excluding hydrogens is 673 g/mol. The summed E-state index contributed by atoms with van der Waals surface area (Å²) in [4.78, 5) is 32.2. The average molecular weight is 715 g/mol. The Kier molecular flexibility index (Phi) is 11.2. The number of nitrogens with zero attached hydrogens (tertiary/aromatic N) is 1. The van der Waals surface area contributed by atoms with Crippen LogP contribution < -0.4 is 15.4 Å². The van der Waals surface area contributed by atoms with Gasteiger partial charge >= 0.3 is 0 Å². The molecule has 0 radical (unpaired) electrons. The molecule has 0 aliphatic carbocycles. The topological polar surface area (TPSA) is 80.3 Å². The molecule has 4 aromatic carbocycles. The number of nitrogens with one attached hydrogen (secondary N) is 2. The molecule has 0 saturated heterocycles. The zero-order valence-corrected chi connectivity index (χ0v) is 30.9. The van der Waals surface area contributed by atoms with Crippen molar-refractivity contribution in [3.8, 4) is 27.6 Å². The van der Waals surface area contributed by atoms with E-state index in [1.165, 1.54) is 16.9 Å². The fourth-order valence-electron chi connectivity index (χ4n) is 5.23. The lowest BCUT2D eigenvalue weighted by molar-refractivity contribution is -0.118. The van der Waals surface area contributed by atoms with Crippen molar-refractivity contribution in [1.29, 1.82) is 0 Å². The SMILES string of the molecule is CCC(C)(C)c1ccc(OCC(=O)Nc2cccc(-c3nc(-c4ccccc4)sc3C(=O)Nc3cc(Cl)ccc3Cl)c2)c(C(C)(C)CC)c1. The molecular formula is C40H41Cl2N3O3S. The Morgan fingerprint density at radius 3 is 2.22 bits per heavy atom. The summed E-state index contributed by atoms with van der Waals surface area (Å²) in [5.74, 6) is 0.0332. The van der Waals surface area contributed by atoms with Crippen LogP contribution in [0.5, 0.6) is 5.75 Å². The third-order valence-electron chi connectivity index (χ3n) is 9.07. The van der Waals surface area contributed by atoms with Crippen molar-refractivity contribution >= 4 is 57.7 Å². The highest BCUT2D eigenvalue weighted by molar-refractivity contribution is 7.17. The highest BCUT2D eigenvalue weighted by Crippen LogP contribution is 2.39. The van der Waals surface area contributed by atoms with E-state index in [9.17, 15) is 9.59 Å². The first-order chi connectivity index (χ1) is 23.3. The van der Waals surface area contributed by atoms with Crippen LogP contribution in [0.15, 0.2) is 91.0 Å². The van der Waals surface area contributed by atoms with E-state index >= 15 is 0 Å². The number of aromatic nitrogens is 1. The van der Waals surface area contributed by atoms with Gasteiger partial charge in [-0.2, -0.15) is 0 Å².